The van der Waals surface area contributed by atoms with Gasteiger partial charge in [-0.15, -0.1) is 23.5 Å². The quantitative estimate of drug-likeness (QED) is 0.929. The monoisotopic (exact) mass is 310 g/mol. The molecular weight excluding hydrogens is 288 g/mol. The molecule has 0 bridgehead atoms. The van der Waals surface area contributed by atoms with Crippen LogP contribution in [0.3, 0.4) is 0 Å². The predicted molar refractivity (Wildman–Crippen MR) is 89.3 cm³/mol. The van der Waals surface area contributed by atoms with Crippen LogP contribution in [0.4, 0.5) is 0 Å². The Morgan fingerprint density at radius 3 is 2.50 bits per heavy atom. The van der Waals surface area contributed by atoms with Gasteiger partial charge >= 0.3 is 0 Å². The number of rotatable bonds is 4. The average molecular weight is 310 g/mol. The van der Waals surface area contributed by atoms with Gasteiger partial charge in [0.15, 0.2) is 0 Å². The first kappa shape index (κ1) is 15.7. The Morgan fingerprint density at radius 1 is 1.35 bits per heavy atom. The van der Waals surface area contributed by atoms with E-state index in [0.29, 0.717) is 11.1 Å². The van der Waals surface area contributed by atoms with E-state index >= 15 is 0 Å². The third-order valence-electron chi connectivity index (χ3n) is 3.58. The van der Waals surface area contributed by atoms with E-state index in [9.17, 15) is 4.79 Å². The summed E-state index contributed by atoms with van der Waals surface area (Å²) in [6.45, 7) is 2.44. The van der Waals surface area contributed by atoms with E-state index in [0.717, 1.165) is 5.56 Å². The molecule has 3 nitrogen and oxygen atoms in total. The minimum absolute atomic E-state index is 0.0402. The van der Waals surface area contributed by atoms with Crippen molar-refractivity contribution in [1.29, 1.82) is 0 Å². The van der Waals surface area contributed by atoms with Crippen molar-refractivity contribution in [3.8, 4) is 0 Å². The summed E-state index contributed by atoms with van der Waals surface area (Å²) >= 11 is 3.99. The lowest BCUT2D eigenvalue weighted by atomic mass is 10.1. The second-order valence-electron chi connectivity index (χ2n) is 5.05. The zero-order valence-corrected chi connectivity index (χ0v) is 13.7. The van der Waals surface area contributed by atoms with Crippen molar-refractivity contribution in [2.45, 2.75) is 24.0 Å². The van der Waals surface area contributed by atoms with Crippen LogP contribution in [-0.2, 0) is 0 Å². The Morgan fingerprint density at radius 2 is 1.95 bits per heavy atom. The largest absolute Gasteiger partial charge is 0.338 e. The van der Waals surface area contributed by atoms with Gasteiger partial charge in [0.05, 0.1) is 4.58 Å². The van der Waals surface area contributed by atoms with E-state index in [-0.39, 0.29) is 11.9 Å². The third kappa shape index (κ3) is 3.71. The summed E-state index contributed by atoms with van der Waals surface area (Å²) in [4.78, 5) is 14.0. The Hall–Kier alpha value is -0.650. The van der Waals surface area contributed by atoms with Crippen molar-refractivity contribution in [1.82, 2.24) is 4.90 Å². The second kappa shape index (κ2) is 7.38. The highest BCUT2D eigenvalue weighted by Crippen LogP contribution is 2.43. The van der Waals surface area contributed by atoms with Gasteiger partial charge < -0.3 is 10.6 Å². The van der Waals surface area contributed by atoms with Crippen LogP contribution in [0.25, 0.3) is 0 Å². The number of carbonyl (C=O) groups is 1. The van der Waals surface area contributed by atoms with Crippen molar-refractivity contribution in [2.24, 2.45) is 5.73 Å². The number of hydrogen-bond acceptors (Lipinski definition) is 4. The van der Waals surface area contributed by atoms with Gasteiger partial charge in [-0.3, -0.25) is 4.79 Å². The molecule has 110 valence electrons. The van der Waals surface area contributed by atoms with Crippen molar-refractivity contribution in [3.63, 3.8) is 0 Å². The number of hydrogen-bond donors (Lipinski definition) is 1. The van der Waals surface area contributed by atoms with Crippen molar-refractivity contribution in [3.05, 3.63) is 35.4 Å². The molecule has 1 saturated heterocycles. The Labute approximate surface area is 129 Å². The summed E-state index contributed by atoms with van der Waals surface area (Å²) in [6.07, 6.45) is 1.30. The normalized spacial score (nSPS) is 17.8. The molecule has 2 rings (SSSR count). The highest BCUT2D eigenvalue weighted by molar-refractivity contribution is 8.16. The van der Waals surface area contributed by atoms with Crippen molar-refractivity contribution >= 4 is 29.4 Å². The molecule has 1 aliphatic rings. The molecule has 0 saturated carbocycles. The molecule has 0 aromatic heterocycles. The smallest absolute Gasteiger partial charge is 0.253 e. The minimum atomic E-state index is 0.0402. The van der Waals surface area contributed by atoms with Crippen LogP contribution in [0.5, 0.6) is 0 Å². The van der Waals surface area contributed by atoms with Crippen LogP contribution in [0.1, 0.15) is 33.8 Å². The first-order valence-electron chi connectivity index (χ1n) is 6.94. The number of thioether (sulfide) groups is 2. The van der Waals surface area contributed by atoms with Gasteiger partial charge in [-0.2, -0.15) is 0 Å². The number of benzene rings is 1. The van der Waals surface area contributed by atoms with E-state index in [1.807, 2.05) is 42.6 Å². The van der Waals surface area contributed by atoms with Crippen LogP contribution in [-0.4, -0.2) is 41.9 Å². The maximum atomic E-state index is 12.3. The Balaban J connectivity index is 2.05. The summed E-state index contributed by atoms with van der Waals surface area (Å²) in [6, 6.07) is 8.11. The van der Waals surface area contributed by atoms with Gasteiger partial charge in [0, 0.05) is 25.2 Å². The molecule has 1 fully saturated rings. The zero-order valence-electron chi connectivity index (χ0n) is 12.0. The molecule has 0 aliphatic carbocycles. The Bertz CT molecular complexity index is 444. The molecule has 1 atom stereocenters. The van der Waals surface area contributed by atoms with Gasteiger partial charge in [0.2, 0.25) is 0 Å². The van der Waals surface area contributed by atoms with E-state index in [4.69, 9.17) is 5.73 Å². The first-order valence-corrected chi connectivity index (χ1v) is 9.03. The van der Waals surface area contributed by atoms with Gasteiger partial charge in [-0.1, -0.05) is 12.1 Å². The molecule has 0 spiro atoms. The Kier molecular flexibility index (Phi) is 5.81. The average Bonchev–Trinajstić information content (AvgIpc) is 2.53. The molecule has 20 heavy (non-hydrogen) atoms. The molecule has 1 unspecified atom stereocenters. The summed E-state index contributed by atoms with van der Waals surface area (Å²) in [7, 11) is 1.81. The molecule has 1 aromatic carbocycles. The zero-order chi connectivity index (χ0) is 14.5. The number of amides is 1. The topological polar surface area (TPSA) is 46.3 Å². The minimum Gasteiger partial charge on any atom is -0.338 e. The molecule has 5 heteroatoms. The van der Waals surface area contributed by atoms with E-state index < -0.39 is 0 Å². The standard InChI is InChI=1S/C15H22N2OS2/c1-11(10-16)17(2)14(18)12-4-6-13(7-5-12)15-19-8-3-9-20-15/h4-7,11,15H,3,8-10,16H2,1-2H3. The fourth-order valence-corrected chi connectivity index (χ4v) is 4.92. The number of likely N-dealkylation sites (N-methyl/N-ethyl adjacent to an activating group) is 1. The van der Waals surface area contributed by atoms with Crippen LogP contribution in [0, 0.1) is 0 Å². The summed E-state index contributed by atoms with van der Waals surface area (Å²) in [5, 5.41) is 0. The van der Waals surface area contributed by atoms with Gasteiger partial charge in [-0.25, -0.2) is 0 Å². The molecule has 1 aromatic rings. The SMILES string of the molecule is CC(CN)N(C)C(=O)c1ccc(C2SCCCS2)cc1. The highest BCUT2D eigenvalue weighted by atomic mass is 32.2. The van der Waals surface area contributed by atoms with Crippen molar-refractivity contribution in [2.75, 3.05) is 25.1 Å². The van der Waals surface area contributed by atoms with Crippen LogP contribution in [0.15, 0.2) is 24.3 Å². The fraction of sp³-hybridized carbons (Fsp3) is 0.533. The molecular formula is C15H22N2OS2. The van der Waals surface area contributed by atoms with E-state index in [2.05, 4.69) is 12.1 Å². The van der Waals surface area contributed by atoms with Gasteiger partial charge in [0.1, 0.15) is 0 Å². The van der Waals surface area contributed by atoms with Gasteiger partial charge in [0.25, 0.3) is 5.91 Å². The van der Waals surface area contributed by atoms with Crippen LogP contribution >= 0.6 is 23.5 Å². The van der Waals surface area contributed by atoms with E-state index in [1.165, 1.54) is 23.5 Å². The second-order valence-corrected chi connectivity index (χ2v) is 7.77. The molecule has 1 aliphatic heterocycles. The molecule has 0 radical (unpaired) electrons. The fourth-order valence-electron chi connectivity index (χ4n) is 2.02. The number of nitrogens with zero attached hydrogens (tertiary/aromatic N) is 1. The molecule has 1 heterocycles. The first-order chi connectivity index (χ1) is 9.63. The maximum absolute atomic E-state index is 12.3. The van der Waals surface area contributed by atoms with Crippen LogP contribution < -0.4 is 5.73 Å². The third-order valence-corrected chi connectivity index (χ3v) is 6.59. The van der Waals surface area contributed by atoms with Crippen LogP contribution in [0.2, 0.25) is 0 Å². The summed E-state index contributed by atoms with van der Waals surface area (Å²) in [5.74, 6) is 2.50. The number of nitrogens with two attached hydrogens (primary N) is 1. The van der Waals surface area contributed by atoms with Gasteiger partial charge in [-0.05, 0) is 42.5 Å². The lowest BCUT2D eigenvalue weighted by molar-refractivity contribution is 0.0748. The summed E-state index contributed by atoms with van der Waals surface area (Å²) < 4.78 is 0.522. The molecule has 2 N–H and O–H groups in total. The number of carbonyl (C=O) groups excluding carboxylic acids is 1. The summed E-state index contributed by atoms with van der Waals surface area (Å²) in [5.41, 5.74) is 7.66. The van der Waals surface area contributed by atoms with E-state index in [1.54, 1.807) is 11.9 Å². The maximum Gasteiger partial charge on any atom is 0.253 e. The lowest BCUT2D eigenvalue weighted by Gasteiger charge is -2.24. The van der Waals surface area contributed by atoms with Crippen molar-refractivity contribution < 1.29 is 4.79 Å². The highest BCUT2D eigenvalue weighted by Gasteiger charge is 2.19. The molecule has 1 amide bonds. The predicted octanol–water partition coefficient (Wildman–Crippen LogP) is 2.97. The lowest BCUT2D eigenvalue weighted by Crippen LogP contribution is -2.39.